The molecule has 2 fully saturated rings. The van der Waals surface area contributed by atoms with Gasteiger partial charge in [0, 0.05) is 12.3 Å². The molecule has 0 aromatic carbocycles. The van der Waals surface area contributed by atoms with Crippen molar-refractivity contribution in [2.75, 3.05) is 7.11 Å². The smallest absolute Gasteiger partial charge is 0.305 e. The molecule has 3 aliphatic rings. The third-order valence-corrected chi connectivity index (χ3v) is 6.80. The van der Waals surface area contributed by atoms with Gasteiger partial charge in [-0.3, -0.25) is 9.59 Å². The Balaban J connectivity index is 1.38. The lowest BCUT2D eigenvalue weighted by Crippen LogP contribution is -2.21. The first kappa shape index (κ1) is 20.1. The maximum atomic E-state index is 12.9. The number of Topliss-reactive ketones (excluding diaryl/α,β-unsaturated/α-hetero) is 1. The van der Waals surface area contributed by atoms with Crippen LogP contribution in [0.4, 0.5) is 0 Å². The largest absolute Gasteiger partial charge is 0.469 e. The van der Waals surface area contributed by atoms with Crippen LogP contribution in [-0.4, -0.2) is 18.9 Å². The highest BCUT2D eigenvalue weighted by atomic mass is 16.5. The molecule has 0 radical (unpaired) electrons. The average Bonchev–Trinajstić information content (AvgIpc) is 3.36. The van der Waals surface area contributed by atoms with E-state index in [0.29, 0.717) is 35.9 Å². The van der Waals surface area contributed by atoms with Gasteiger partial charge in [0.1, 0.15) is 0 Å². The van der Waals surface area contributed by atoms with E-state index < -0.39 is 0 Å². The summed E-state index contributed by atoms with van der Waals surface area (Å²) in [4.78, 5) is 23.9. The van der Waals surface area contributed by atoms with E-state index in [1.54, 1.807) is 0 Å². The lowest BCUT2D eigenvalue weighted by molar-refractivity contribution is -0.140. The van der Waals surface area contributed by atoms with Crippen LogP contribution in [0.25, 0.3) is 0 Å². The Labute approximate surface area is 163 Å². The summed E-state index contributed by atoms with van der Waals surface area (Å²) in [7, 11) is 1.44. The van der Waals surface area contributed by atoms with Gasteiger partial charge in [0.05, 0.1) is 7.11 Å². The quantitative estimate of drug-likeness (QED) is 0.223. The van der Waals surface area contributed by atoms with Crippen molar-refractivity contribution >= 4 is 11.8 Å². The molecule has 0 aliphatic heterocycles. The predicted molar refractivity (Wildman–Crippen MR) is 108 cm³/mol. The van der Waals surface area contributed by atoms with Gasteiger partial charge in [0.15, 0.2) is 5.78 Å². The van der Waals surface area contributed by atoms with E-state index in [9.17, 15) is 9.59 Å². The molecule has 0 unspecified atom stereocenters. The summed E-state index contributed by atoms with van der Waals surface area (Å²) in [5.74, 6) is 2.78. The number of carbonyl (C=O) groups is 2. The second-order valence-corrected chi connectivity index (χ2v) is 8.36. The summed E-state index contributed by atoms with van der Waals surface area (Å²) in [6, 6.07) is 0. The molecule has 0 saturated heterocycles. The van der Waals surface area contributed by atoms with E-state index >= 15 is 0 Å². The van der Waals surface area contributed by atoms with E-state index in [1.165, 1.54) is 32.8 Å². The number of fused-ring (bicyclic) bond motifs is 5. The van der Waals surface area contributed by atoms with E-state index in [2.05, 4.69) is 42.0 Å². The molecule has 0 heterocycles. The monoisotopic (exact) mass is 370 g/mol. The normalized spacial score (nSPS) is 32.7. The van der Waals surface area contributed by atoms with Crippen LogP contribution in [0, 0.1) is 29.6 Å². The summed E-state index contributed by atoms with van der Waals surface area (Å²) < 4.78 is 4.65. The van der Waals surface area contributed by atoms with E-state index in [1.807, 2.05) is 0 Å². The Morgan fingerprint density at radius 2 is 1.89 bits per heavy atom. The van der Waals surface area contributed by atoms with Crippen LogP contribution in [0.1, 0.15) is 64.7 Å². The summed E-state index contributed by atoms with van der Waals surface area (Å²) in [6.07, 6.45) is 20.5. The Bertz CT molecular complexity index is 628. The number of rotatable bonds is 10. The molecule has 0 N–H and O–H groups in total. The van der Waals surface area contributed by atoms with Crippen LogP contribution in [0.3, 0.4) is 0 Å². The lowest BCUT2D eigenvalue weighted by atomic mass is 9.80. The van der Waals surface area contributed by atoms with Gasteiger partial charge in [0.25, 0.3) is 0 Å². The van der Waals surface area contributed by atoms with Crippen LogP contribution in [0.2, 0.25) is 0 Å². The Hall–Kier alpha value is -1.64. The zero-order chi connectivity index (χ0) is 19.2. The number of hydrogen-bond donors (Lipinski definition) is 0. The third-order valence-electron chi connectivity index (χ3n) is 6.80. The summed E-state index contributed by atoms with van der Waals surface area (Å²) >= 11 is 0. The molecule has 0 spiro atoms. The van der Waals surface area contributed by atoms with Crippen molar-refractivity contribution in [1.29, 1.82) is 0 Å². The Morgan fingerprint density at radius 3 is 2.67 bits per heavy atom. The number of methoxy groups -OCH3 is 1. The zero-order valence-corrected chi connectivity index (χ0v) is 16.9. The van der Waals surface area contributed by atoms with Gasteiger partial charge in [-0.05, 0) is 61.3 Å². The first-order valence-corrected chi connectivity index (χ1v) is 10.8. The third kappa shape index (κ3) is 4.44. The second kappa shape index (κ2) is 9.52. The van der Waals surface area contributed by atoms with Crippen molar-refractivity contribution in [3.8, 4) is 0 Å². The Morgan fingerprint density at radius 1 is 1.15 bits per heavy atom. The molecule has 0 aromatic heterocycles. The van der Waals surface area contributed by atoms with E-state index in [0.717, 1.165) is 31.3 Å². The van der Waals surface area contributed by atoms with Crippen molar-refractivity contribution in [3.63, 3.8) is 0 Å². The predicted octanol–water partition coefficient (Wildman–Crippen LogP) is 5.42. The van der Waals surface area contributed by atoms with Crippen LogP contribution >= 0.6 is 0 Å². The average molecular weight is 371 g/mol. The fraction of sp³-hybridized carbons (Fsp3) is 0.667. The fourth-order valence-electron chi connectivity index (χ4n) is 5.49. The summed E-state index contributed by atoms with van der Waals surface area (Å²) in [5.41, 5.74) is 1.09. The number of ketones is 1. The first-order valence-electron chi connectivity index (χ1n) is 10.8. The molecule has 3 aliphatic carbocycles. The SMILES string of the molecule is CC[C@@H]1/C(=C\C=C\CCCCCCCC(=O)OC)C(=O)[C@@H]2[C@H]1[C@H]1C=C[C@@H]2C1. The lowest BCUT2D eigenvalue weighted by Gasteiger charge is -2.23. The van der Waals surface area contributed by atoms with Crippen molar-refractivity contribution in [3.05, 3.63) is 36.0 Å². The molecule has 2 saturated carbocycles. The number of allylic oxidation sites excluding steroid dienone is 6. The van der Waals surface area contributed by atoms with Crippen LogP contribution in [0.15, 0.2) is 36.0 Å². The number of hydrogen-bond acceptors (Lipinski definition) is 3. The topological polar surface area (TPSA) is 43.4 Å². The molecule has 3 nitrogen and oxygen atoms in total. The van der Waals surface area contributed by atoms with Crippen LogP contribution in [0.5, 0.6) is 0 Å². The number of unbranched alkanes of at least 4 members (excludes halogenated alkanes) is 5. The van der Waals surface area contributed by atoms with Crippen molar-refractivity contribution in [2.45, 2.75) is 64.7 Å². The van der Waals surface area contributed by atoms with Crippen molar-refractivity contribution in [1.82, 2.24) is 0 Å². The highest BCUT2D eigenvalue weighted by molar-refractivity contribution is 6.01. The van der Waals surface area contributed by atoms with Crippen LogP contribution < -0.4 is 0 Å². The number of ether oxygens (including phenoxy) is 1. The van der Waals surface area contributed by atoms with Gasteiger partial charge in [-0.1, -0.05) is 56.6 Å². The van der Waals surface area contributed by atoms with Gasteiger partial charge in [-0.2, -0.15) is 0 Å². The minimum Gasteiger partial charge on any atom is -0.469 e. The summed E-state index contributed by atoms with van der Waals surface area (Å²) in [5, 5.41) is 0. The molecule has 0 amide bonds. The minimum atomic E-state index is -0.106. The second-order valence-electron chi connectivity index (χ2n) is 8.36. The maximum absolute atomic E-state index is 12.9. The van der Waals surface area contributed by atoms with Gasteiger partial charge >= 0.3 is 5.97 Å². The number of esters is 1. The van der Waals surface area contributed by atoms with E-state index in [4.69, 9.17) is 0 Å². The van der Waals surface area contributed by atoms with Gasteiger partial charge in [-0.25, -0.2) is 0 Å². The first-order chi connectivity index (χ1) is 13.2. The van der Waals surface area contributed by atoms with E-state index in [-0.39, 0.29) is 11.9 Å². The van der Waals surface area contributed by atoms with Crippen molar-refractivity contribution < 1.29 is 14.3 Å². The molecule has 2 bridgehead atoms. The zero-order valence-electron chi connectivity index (χ0n) is 16.9. The fourth-order valence-corrected chi connectivity index (χ4v) is 5.49. The molecular formula is C24H34O3. The van der Waals surface area contributed by atoms with Crippen molar-refractivity contribution in [2.24, 2.45) is 29.6 Å². The molecule has 3 heteroatoms. The molecule has 5 atom stereocenters. The summed E-state index contributed by atoms with van der Waals surface area (Å²) in [6.45, 7) is 2.23. The van der Waals surface area contributed by atoms with Gasteiger partial charge < -0.3 is 4.74 Å². The highest BCUT2D eigenvalue weighted by Crippen LogP contribution is 2.58. The van der Waals surface area contributed by atoms with Gasteiger partial charge in [0.2, 0.25) is 0 Å². The molecule has 0 aromatic rings. The minimum absolute atomic E-state index is 0.106. The maximum Gasteiger partial charge on any atom is 0.305 e. The van der Waals surface area contributed by atoms with Gasteiger partial charge in [-0.15, -0.1) is 0 Å². The standard InChI is InChI=1S/C24H34O3/c1-3-19-20(24(26)23-18-15-14-17(16-18)22(19)23)12-10-8-6-4-5-7-9-11-13-21(25)27-2/h8,10,12,14-15,17-19,22-23H,3-7,9,11,13,16H2,1-2H3/b10-8+,20-12+/t17-,18+,19+,22-,23-/m0/s1. The molecule has 3 rings (SSSR count). The highest BCUT2D eigenvalue weighted by Gasteiger charge is 2.56. The number of carbonyl (C=O) groups excluding carboxylic acids is 2. The molecular weight excluding hydrogens is 336 g/mol. The molecule has 27 heavy (non-hydrogen) atoms. The van der Waals surface area contributed by atoms with Crippen LogP contribution in [-0.2, 0) is 14.3 Å². The Kier molecular flexibility index (Phi) is 7.09. The molecule has 148 valence electrons.